The largest absolute Gasteiger partial charge is 0.486 e. The number of hydrogen-bond acceptors (Lipinski definition) is 7. The van der Waals surface area contributed by atoms with Crippen LogP contribution in [-0.4, -0.2) is 70.6 Å². The van der Waals surface area contributed by atoms with Crippen LogP contribution in [0.5, 0.6) is 5.75 Å². The number of halogens is 5. The second kappa shape index (κ2) is 14.0. The Hall–Kier alpha value is -3.59. The number of amides is 1. The molecule has 2 atom stereocenters. The van der Waals surface area contributed by atoms with Crippen LogP contribution in [0.25, 0.3) is 0 Å². The molecule has 2 unspecified atom stereocenters. The SMILES string of the molecule is CS(=O)(=O)c1ccc(OCC(F)(F)C(F)(F)F)c(C(=O)N2Cc3ccc(C4CCOC4)cc3C2)c1.c1cc2c(cc1C1CCOC1)CNC2. The van der Waals surface area contributed by atoms with Crippen molar-refractivity contribution in [3.63, 3.8) is 0 Å². The molecule has 4 aliphatic heterocycles. The van der Waals surface area contributed by atoms with Crippen molar-refractivity contribution < 1.29 is 49.4 Å². The van der Waals surface area contributed by atoms with Crippen molar-refractivity contribution in [3.8, 4) is 5.75 Å². The minimum Gasteiger partial charge on any atom is -0.486 e. The number of carbonyl (C=O) groups is 1. The molecule has 0 saturated carbocycles. The molecule has 49 heavy (non-hydrogen) atoms. The number of alkyl halides is 5. The first-order chi connectivity index (χ1) is 23.2. The molecule has 0 radical (unpaired) electrons. The molecule has 4 heterocycles. The molecule has 3 aromatic carbocycles. The van der Waals surface area contributed by atoms with E-state index in [9.17, 15) is 35.2 Å². The third-order valence-electron chi connectivity index (χ3n) is 9.34. The molecule has 1 amide bonds. The van der Waals surface area contributed by atoms with E-state index in [0.717, 1.165) is 73.9 Å². The minimum absolute atomic E-state index is 0.164. The van der Waals surface area contributed by atoms with Crippen molar-refractivity contribution >= 4 is 15.7 Å². The topological polar surface area (TPSA) is 94.2 Å². The van der Waals surface area contributed by atoms with Gasteiger partial charge in [-0.3, -0.25) is 4.79 Å². The predicted octanol–water partition coefficient (Wildman–Crippen LogP) is 6.12. The van der Waals surface area contributed by atoms with Crippen LogP contribution in [0.1, 0.15) is 68.4 Å². The molecule has 1 N–H and O–H groups in total. The van der Waals surface area contributed by atoms with E-state index < -0.39 is 45.8 Å². The van der Waals surface area contributed by atoms with Gasteiger partial charge >= 0.3 is 12.1 Å². The molecule has 7 rings (SSSR count). The van der Waals surface area contributed by atoms with E-state index in [1.165, 1.54) is 28.0 Å². The average molecular weight is 709 g/mol. The van der Waals surface area contributed by atoms with Gasteiger partial charge in [0.2, 0.25) is 0 Å². The maximum atomic E-state index is 13.4. The Kier molecular flexibility index (Phi) is 10.0. The zero-order valence-electron chi connectivity index (χ0n) is 26.8. The van der Waals surface area contributed by atoms with Gasteiger partial charge in [-0.2, -0.15) is 22.0 Å². The second-order valence-electron chi connectivity index (χ2n) is 12.9. The summed E-state index contributed by atoms with van der Waals surface area (Å²) in [6, 6.07) is 15.5. The Morgan fingerprint density at radius 2 is 1.43 bits per heavy atom. The van der Waals surface area contributed by atoms with Crippen molar-refractivity contribution in [2.75, 3.05) is 39.3 Å². The molecule has 2 saturated heterocycles. The number of fused-ring (bicyclic) bond motifs is 2. The van der Waals surface area contributed by atoms with Crippen molar-refractivity contribution in [2.45, 2.75) is 67.9 Å². The Morgan fingerprint density at radius 1 is 0.837 bits per heavy atom. The Morgan fingerprint density at radius 3 is 2.02 bits per heavy atom. The molecule has 0 aromatic heterocycles. The Balaban J connectivity index is 0.000000245. The number of sulfone groups is 1. The molecule has 14 heteroatoms. The Bertz CT molecular complexity index is 1800. The van der Waals surface area contributed by atoms with E-state index in [1.54, 1.807) is 0 Å². The van der Waals surface area contributed by atoms with Crippen LogP contribution in [0.2, 0.25) is 0 Å². The summed E-state index contributed by atoms with van der Waals surface area (Å²) in [5, 5.41) is 3.37. The summed E-state index contributed by atoms with van der Waals surface area (Å²) in [4.78, 5) is 14.4. The van der Waals surface area contributed by atoms with Gasteiger partial charge in [-0.1, -0.05) is 36.4 Å². The number of rotatable bonds is 7. The van der Waals surface area contributed by atoms with Crippen molar-refractivity contribution in [3.05, 3.63) is 93.5 Å². The normalized spacial score (nSPS) is 20.5. The highest BCUT2D eigenvalue weighted by molar-refractivity contribution is 7.90. The summed E-state index contributed by atoms with van der Waals surface area (Å²) in [7, 11) is -3.80. The summed E-state index contributed by atoms with van der Waals surface area (Å²) in [6.07, 6.45) is -2.90. The molecule has 8 nitrogen and oxygen atoms in total. The van der Waals surface area contributed by atoms with E-state index in [-0.39, 0.29) is 23.9 Å². The van der Waals surface area contributed by atoms with Gasteiger partial charge in [0.1, 0.15) is 5.75 Å². The molecule has 2 fully saturated rings. The van der Waals surface area contributed by atoms with Crippen molar-refractivity contribution in [1.82, 2.24) is 10.2 Å². The molecule has 264 valence electrons. The molecule has 0 spiro atoms. The van der Waals surface area contributed by atoms with Gasteiger partial charge in [-0.05, 0) is 64.4 Å². The number of nitrogens with zero attached hydrogens (tertiary/aromatic N) is 1. The number of carbonyl (C=O) groups excluding carboxylic acids is 1. The van der Waals surface area contributed by atoms with E-state index in [2.05, 4.69) is 23.5 Å². The van der Waals surface area contributed by atoms with Crippen molar-refractivity contribution in [1.29, 1.82) is 0 Å². The monoisotopic (exact) mass is 708 g/mol. The van der Waals surface area contributed by atoms with Crippen molar-refractivity contribution in [2.24, 2.45) is 0 Å². The van der Waals surface area contributed by atoms with E-state index in [0.29, 0.717) is 19.1 Å². The Labute approximate surface area is 281 Å². The zero-order valence-corrected chi connectivity index (χ0v) is 27.6. The van der Waals surface area contributed by atoms with Gasteiger partial charge in [-0.15, -0.1) is 0 Å². The van der Waals surface area contributed by atoms with Gasteiger partial charge in [-0.25, -0.2) is 8.42 Å². The first-order valence-corrected chi connectivity index (χ1v) is 17.9. The lowest BCUT2D eigenvalue weighted by atomic mass is 9.95. The van der Waals surface area contributed by atoms with Crippen LogP contribution < -0.4 is 10.1 Å². The van der Waals surface area contributed by atoms with Crippen LogP contribution in [0.4, 0.5) is 22.0 Å². The molecule has 0 aliphatic carbocycles. The maximum Gasteiger partial charge on any atom is 0.456 e. The smallest absolute Gasteiger partial charge is 0.456 e. The van der Waals surface area contributed by atoms with Gasteiger partial charge in [0.05, 0.1) is 23.7 Å². The first-order valence-electron chi connectivity index (χ1n) is 16.0. The van der Waals surface area contributed by atoms with Crippen LogP contribution in [0.15, 0.2) is 59.5 Å². The van der Waals surface area contributed by atoms with Gasteiger partial charge in [0, 0.05) is 57.5 Å². The molecule has 3 aromatic rings. The molecular formula is C35H37F5N2O6S. The fraction of sp³-hybridized carbons (Fsp3) is 0.457. The van der Waals surface area contributed by atoms with Crippen LogP contribution in [0, 0.1) is 0 Å². The number of hydrogen-bond donors (Lipinski definition) is 1. The third-order valence-corrected chi connectivity index (χ3v) is 10.4. The third kappa shape index (κ3) is 7.92. The lowest BCUT2D eigenvalue weighted by molar-refractivity contribution is -0.290. The highest BCUT2D eigenvalue weighted by atomic mass is 32.2. The van der Waals surface area contributed by atoms with Gasteiger partial charge in [0.25, 0.3) is 5.91 Å². The molecular weight excluding hydrogens is 671 g/mol. The van der Waals surface area contributed by atoms with Crippen LogP contribution in [-0.2, 0) is 45.5 Å². The van der Waals surface area contributed by atoms with E-state index in [4.69, 9.17) is 14.2 Å². The zero-order chi connectivity index (χ0) is 35.0. The highest BCUT2D eigenvalue weighted by Gasteiger charge is 2.58. The lowest BCUT2D eigenvalue weighted by Crippen LogP contribution is -2.42. The summed E-state index contributed by atoms with van der Waals surface area (Å²) in [5.41, 5.74) is 6.78. The summed E-state index contributed by atoms with van der Waals surface area (Å²) in [5.74, 6) is -5.59. The summed E-state index contributed by atoms with van der Waals surface area (Å²) >= 11 is 0. The fourth-order valence-electron chi connectivity index (χ4n) is 6.43. The maximum absolute atomic E-state index is 13.4. The van der Waals surface area contributed by atoms with Gasteiger partial charge < -0.3 is 24.4 Å². The van der Waals surface area contributed by atoms with Crippen LogP contribution in [0.3, 0.4) is 0 Å². The summed E-state index contributed by atoms with van der Waals surface area (Å²) < 4.78 is 104. The molecule has 0 bridgehead atoms. The average Bonchev–Trinajstić information content (AvgIpc) is 3.89. The number of benzene rings is 3. The van der Waals surface area contributed by atoms with Crippen LogP contribution >= 0.6 is 0 Å². The van der Waals surface area contributed by atoms with Gasteiger partial charge in [0.15, 0.2) is 16.4 Å². The highest BCUT2D eigenvalue weighted by Crippen LogP contribution is 2.37. The molecule has 4 aliphatic rings. The van der Waals surface area contributed by atoms with E-state index >= 15 is 0 Å². The minimum atomic E-state index is -5.84. The number of nitrogens with one attached hydrogen (secondary N) is 1. The predicted molar refractivity (Wildman–Crippen MR) is 169 cm³/mol. The fourth-order valence-corrected chi connectivity index (χ4v) is 7.08. The summed E-state index contributed by atoms with van der Waals surface area (Å²) in [6.45, 7) is 3.46. The quantitative estimate of drug-likeness (QED) is 0.296. The number of ether oxygens (including phenoxy) is 3. The second-order valence-corrected chi connectivity index (χ2v) is 14.9. The first kappa shape index (κ1) is 35.2. The standard InChI is InChI=1S/C23H22F5NO5S.C12H15NO/c1-35(31,32)18-4-5-20(34-13-22(24,25)23(26,27)28)19(9-18)21(30)29-10-15-3-2-14(8-17(15)11-29)16-6-7-33-12-16;1-2-10-6-13-7-12(10)5-9(1)11-3-4-14-8-11/h2-5,8-9,16H,6-7,10-13H2,1H3;1-2,5,11,13H,3-4,6-8H2. The van der Waals surface area contributed by atoms with E-state index in [1.807, 2.05) is 18.2 Å². The lowest BCUT2D eigenvalue weighted by Gasteiger charge is -2.22.